The summed E-state index contributed by atoms with van der Waals surface area (Å²) in [6.45, 7) is 1.96. The molecule has 3 rings (SSSR count). The number of benzene rings is 2. The molecule has 0 aliphatic heterocycles. The predicted molar refractivity (Wildman–Crippen MR) is 119 cm³/mol. The summed E-state index contributed by atoms with van der Waals surface area (Å²) in [4.78, 5) is 24.2. The monoisotopic (exact) mass is 488 g/mol. The molecule has 0 fully saturated rings. The molecular formula is C24H16ClF3N2O4. The third-order valence-corrected chi connectivity index (χ3v) is 4.83. The van der Waals surface area contributed by atoms with Crippen LogP contribution in [0.3, 0.4) is 0 Å². The van der Waals surface area contributed by atoms with Crippen molar-refractivity contribution < 1.29 is 31.9 Å². The molecule has 10 heteroatoms. The van der Waals surface area contributed by atoms with E-state index in [0.29, 0.717) is 23.0 Å². The summed E-state index contributed by atoms with van der Waals surface area (Å²) < 4.78 is 49.4. The van der Waals surface area contributed by atoms with Gasteiger partial charge in [0.15, 0.2) is 0 Å². The second-order valence-corrected chi connectivity index (χ2v) is 7.22. The zero-order valence-electron chi connectivity index (χ0n) is 17.6. The van der Waals surface area contributed by atoms with Crippen LogP contribution in [0.5, 0.6) is 0 Å². The first kappa shape index (κ1) is 24.6. The molecule has 0 spiro atoms. The van der Waals surface area contributed by atoms with E-state index < -0.39 is 29.2 Å². The van der Waals surface area contributed by atoms with Crippen molar-refractivity contribution in [2.75, 3.05) is 11.9 Å². The Labute approximate surface area is 197 Å². The number of nitriles is 1. The number of nitrogens with one attached hydrogen (secondary N) is 1. The number of hydrogen-bond acceptors (Lipinski definition) is 5. The lowest BCUT2D eigenvalue weighted by atomic mass is 10.1. The molecule has 0 radical (unpaired) electrons. The minimum absolute atomic E-state index is 0.120. The van der Waals surface area contributed by atoms with Crippen molar-refractivity contribution in [2.24, 2.45) is 0 Å². The van der Waals surface area contributed by atoms with Gasteiger partial charge in [0.25, 0.3) is 5.91 Å². The molecule has 0 bridgehead atoms. The number of esters is 1. The molecule has 0 aliphatic rings. The maximum absolute atomic E-state index is 12.9. The third kappa shape index (κ3) is 5.85. The van der Waals surface area contributed by atoms with Crippen LogP contribution < -0.4 is 5.32 Å². The van der Waals surface area contributed by atoms with Crippen LogP contribution in [0.25, 0.3) is 17.4 Å². The molecule has 174 valence electrons. The van der Waals surface area contributed by atoms with Crippen LogP contribution in [0.2, 0.25) is 5.02 Å². The molecule has 0 saturated heterocycles. The smallest absolute Gasteiger partial charge is 0.416 e. The molecule has 1 heterocycles. The average molecular weight is 489 g/mol. The highest BCUT2D eigenvalue weighted by Crippen LogP contribution is 2.34. The third-order valence-electron chi connectivity index (χ3n) is 4.50. The Morgan fingerprint density at radius 1 is 1.15 bits per heavy atom. The van der Waals surface area contributed by atoms with Crippen molar-refractivity contribution in [1.29, 1.82) is 5.26 Å². The van der Waals surface area contributed by atoms with Crippen LogP contribution in [0, 0.1) is 11.3 Å². The highest BCUT2D eigenvalue weighted by atomic mass is 35.5. The average Bonchev–Trinajstić information content (AvgIpc) is 3.27. The van der Waals surface area contributed by atoms with Gasteiger partial charge in [0.2, 0.25) is 0 Å². The van der Waals surface area contributed by atoms with E-state index in [-0.39, 0.29) is 23.1 Å². The molecule has 1 aromatic heterocycles. The molecule has 0 saturated carbocycles. The van der Waals surface area contributed by atoms with Crippen molar-refractivity contribution in [3.8, 4) is 17.4 Å². The fourth-order valence-corrected chi connectivity index (χ4v) is 3.01. The first-order valence-electron chi connectivity index (χ1n) is 9.79. The molecule has 2 aromatic carbocycles. The minimum Gasteiger partial charge on any atom is -0.462 e. The second-order valence-electron chi connectivity index (χ2n) is 6.82. The maximum Gasteiger partial charge on any atom is 0.416 e. The Bertz CT molecular complexity index is 1290. The number of anilines is 1. The van der Waals surface area contributed by atoms with Crippen molar-refractivity contribution >= 4 is 35.2 Å². The highest BCUT2D eigenvalue weighted by molar-refractivity contribution is 6.34. The Kier molecular flexibility index (Phi) is 7.44. The van der Waals surface area contributed by atoms with Crippen LogP contribution >= 0.6 is 11.6 Å². The largest absolute Gasteiger partial charge is 0.462 e. The van der Waals surface area contributed by atoms with E-state index in [1.54, 1.807) is 43.3 Å². The van der Waals surface area contributed by atoms with Crippen molar-refractivity contribution in [3.63, 3.8) is 0 Å². The van der Waals surface area contributed by atoms with Crippen molar-refractivity contribution in [2.45, 2.75) is 13.1 Å². The fourth-order valence-electron chi connectivity index (χ4n) is 2.85. The highest BCUT2D eigenvalue weighted by Gasteiger charge is 2.31. The molecule has 3 aromatic rings. The minimum atomic E-state index is -4.63. The van der Waals surface area contributed by atoms with E-state index in [4.69, 9.17) is 20.8 Å². The molecular weight excluding hydrogens is 473 g/mol. The van der Waals surface area contributed by atoms with Crippen LogP contribution in [-0.4, -0.2) is 18.5 Å². The Morgan fingerprint density at radius 2 is 1.85 bits per heavy atom. The maximum atomic E-state index is 12.9. The van der Waals surface area contributed by atoms with E-state index in [9.17, 15) is 28.0 Å². The number of carbonyl (C=O) groups excluding carboxylic acids is 2. The Morgan fingerprint density at radius 3 is 2.47 bits per heavy atom. The summed E-state index contributed by atoms with van der Waals surface area (Å²) in [7, 11) is 0. The lowest BCUT2D eigenvalue weighted by Crippen LogP contribution is -2.15. The summed E-state index contributed by atoms with van der Waals surface area (Å²) in [5, 5.41) is 11.5. The van der Waals surface area contributed by atoms with Gasteiger partial charge in [-0.05, 0) is 49.4 Å². The van der Waals surface area contributed by atoms with Crippen LogP contribution in [-0.2, 0) is 15.7 Å². The van der Waals surface area contributed by atoms with Gasteiger partial charge < -0.3 is 14.5 Å². The summed E-state index contributed by atoms with van der Waals surface area (Å²) >= 11 is 5.89. The van der Waals surface area contributed by atoms with Gasteiger partial charge in [-0.1, -0.05) is 23.7 Å². The Balaban J connectivity index is 1.79. The van der Waals surface area contributed by atoms with Gasteiger partial charge in [-0.15, -0.1) is 0 Å². The lowest BCUT2D eigenvalue weighted by molar-refractivity contribution is -0.137. The van der Waals surface area contributed by atoms with Crippen molar-refractivity contribution in [1.82, 2.24) is 0 Å². The topological polar surface area (TPSA) is 92.3 Å². The normalized spacial score (nSPS) is 11.6. The van der Waals surface area contributed by atoms with Crippen LogP contribution in [0.1, 0.15) is 28.6 Å². The summed E-state index contributed by atoms with van der Waals surface area (Å²) in [6, 6.07) is 13.7. The van der Waals surface area contributed by atoms with E-state index in [2.05, 4.69) is 5.32 Å². The molecule has 0 aliphatic carbocycles. The number of ether oxygens (including phenoxy) is 1. The summed E-state index contributed by atoms with van der Waals surface area (Å²) in [6.07, 6.45) is -3.48. The van der Waals surface area contributed by atoms with E-state index in [1.165, 1.54) is 6.07 Å². The summed E-state index contributed by atoms with van der Waals surface area (Å²) in [5.74, 6) is -0.852. The van der Waals surface area contributed by atoms with Crippen LogP contribution in [0.15, 0.2) is 64.6 Å². The molecule has 0 unspecified atom stereocenters. The zero-order valence-corrected chi connectivity index (χ0v) is 18.3. The van der Waals surface area contributed by atoms with Gasteiger partial charge in [0.05, 0.1) is 28.4 Å². The number of nitrogens with zero attached hydrogens (tertiary/aromatic N) is 1. The van der Waals surface area contributed by atoms with Gasteiger partial charge in [0, 0.05) is 11.6 Å². The molecule has 0 atom stereocenters. The SMILES string of the molecule is CCOC(=O)c1ccc(-c2ccc(/C=C(/C#N)C(=O)Nc3cc(C(F)(F)F)ccc3Cl)o2)cc1. The second kappa shape index (κ2) is 10.3. The van der Waals surface area contributed by atoms with Gasteiger partial charge in [-0.3, -0.25) is 4.79 Å². The standard InChI is InChI=1S/C24H16ClF3N2O4/c1-2-33-23(32)15-5-3-14(4-6-15)21-10-8-18(34-21)11-16(13-29)22(31)30-20-12-17(24(26,27)28)7-9-19(20)25/h3-12H,2H2,1H3,(H,30,31)/b16-11-. The van der Waals surface area contributed by atoms with Gasteiger partial charge in [-0.25, -0.2) is 4.79 Å². The molecule has 1 N–H and O–H groups in total. The van der Waals surface area contributed by atoms with Gasteiger partial charge in [0.1, 0.15) is 23.2 Å². The number of halogens is 4. The quantitative estimate of drug-likeness (QED) is 0.248. The number of rotatable bonds is 6. The summed E-state index contributed by atoms with van der Waals surface area (Å²) in [5.41, 5.74) is -0.698. The van der Waals surface area contributed by atoms with E-state index >= 15 is 0 Å². The predicted octanol–water partition coefficient (Wildman–Crippen LogP) is 6.34. The molecule has 34 heavy (non-hydrogen) atoms. The first-order valence-corrected chi connectivity index (χ1v) is 10.2. The van der Waals surface area contributed by atoms with Crippen molar-refractivity contribution in [3.05, 3.63) is 82.1 Å². The number of alkyl halides is 3. The molecule has 6 nitrogen and oxygen atoms in total. The van der Waals surface area contributed by atoms with E-state index in [0.717, 1.165) is 18.2 Å². The number of amides is 1. The van der Waals surface area contributed by atoms with E-state index in [1.807, 2.05) is 0 Å². The zero-order chi connectivity index (χ0) is 24.9. The Hall–Kier alpha value is -4.03. The number of furan rings is 1. The number of carbonyl (C=O) groups is 2. The van der Waals surface area contributed by atoms with Gasteiger partial charge >= 0.3 is 12.1 Å². The fraction of sp³-hybridized carbons (Fsp3) is 0.125. The molecule has 1 amide bonds. The lowest BCUT2D eigenvalue weighted by Gasteiger charge is -2.11. The van der Waals surface area contributed by atoms with Crippen LogP contribution in [0.4, 0.5) is 18.9 Å². The first-order chi connectivity index (χ1) is 16.1. The number of hydrogen-bond donors (Lipinski definition) is 1. The van der Waals surface area contributed by atoms with Gasteiger partial charge in [-0.2, -0.15) is 18.4 Å².